The predicted molar refractivity (Wildman–Crippen MR) is 60.2 cm³/mol. The molecule has 2 saturated heterocycles. The first-order valence-corrected chi connectivity index (χ1v) is 5.61. The number of nitrogens with one attached hydrogen (secondary N) is 1. The van der Waals surface area contributed by atoms with Gasteiger partial charge in [0.05, 0.1) is 6.10 Å². The van der Waals surface area contributed by atoms with Crippen LogP contribution in [0.5, 0.6) is 0 Å². The van der Waals surface area contributed by atoms with Crippen LogP contribution < -0.4 is 11.2 Å². The summed E-state index contributed by atoms with van der Waals surface area (Å²) in [4.78, 5) is 24.9. The molecule has 1 aromatic rings. The average Bonchev–Trinajstić information content (AvgIpc) is 2.77. The fourth-order valence-electron chi connectivity index (χ4n) is 2.47. The second kappa shape index (κ2) is 3.53. The van der Waals surface area contributed by atoms with Crippen molar-refractivity contribution in [2.45, 2.75) is 44.0 Å². The summed E-state index contributed by atoms with van der Waals surface area (Å²) >= 11 is 0. The maximum absolute atomic E-state index is 11.7. The molecule has 2 aliphatic rings. The lowest BCUT2D eigenvalue weighted by atomic mass is 9.96. The van der Waals surface area contributed by atoms with E-state index in [2.05, 4.69) is 4.98 Å². The topological polar surface area (TPSA) is 93.6 Å². The first-order valence-electron chi connectivity index (χ1n) is 6.32. The molecule has 0 aromatic carbocycles. The number of aliphatic hydroxyl groups excluding tert-OH is 1. The Kier molecular flexibility index (Phi) is 2.06. The summed E-state index contributed by atoms with van der Waals surface area (Å²) in [7, 11) is 0. The molecule has 0 saturated carbocycles. The van der Waals surface area contributed by atoms with Gasteiger partial charge < -0.3 is 14.6 Å². The van der Waals surface area contributed by atoms with E-state index < -0.39 is 41.4 Å². The number of aliphatic hydroxyl groups is 1. The third-order valence-corrected chi connectivity index (χ3v) is 3.61. The summed E-state index contributed by atoms with van der Waals surface area (Å²) < 4.78 is 20.0. The molecule has 0 aliphatic carbocycles. The lowest BCUT2D eigenvalue weighted by Gasteiger charge is -2.33. The fourth-order valence-corrected chi connectivity index (χ4v) is 2.47. The number of H-pyrrole nitrogens is 1. The van der Waals surface area contributed by atoms with Crippen LogP contribution in [0.4, 0.5) is 0 Å². The summed E-state index contributed by atoms with van der Waals surface area (Å²) in [6.07, 6.45) is -1.64. The lowest BCUT2D eigenvalue weighted by Crippen LogP contribution is -2.44. The molecule has 0 radical (unpaired) electrons. The van der Waals surface area contributed by atoms with Gasteiger partial charge in [-0.25, -0.2) is 4.79 Å². The van der Waals surface area contributed by atoms with E-state index in [-0.39, 0.29) is 6.90 Å². The fraction of sp³-hybridized carbons (Fsp3) is 0.636. The van der Waals surface area contributed by atoms with Gasteiger partial charge in [0.15, 0.2) is 6.23 Å². The van der Waals surface area contributed by atoms with E-state index in [4.69, 9.17) is 10.8 Å². The molecule has 2 N–H and O–H groups in total. The number of hydrogen-bond donors (Lipinski definition) is 2. The molecular formula is C11H14N2O5. The number of hydrogen-bond acceptors (Lipinski definition) is 5. The Balaban J connectivity index is 2.02. The first kappa shape index (κ1) is 10.5. The monoisotopic (exact) mass is 255 g/mol. The number of nitrogens with zero attached hydrogens (tertiary/aromatic N) is 1. The van der Waals surface area contributed by atoms with E-state index in [1.54, 1.807) is 6.92 Å². The molecule has 1 aromatic heterocycles. The van der Waals surface area contributed by atoms with E-state index >= 15 is 0 Å². The largest absolute Gasteiger partial charge is 0.387 e. The van der Waals surface area contributed by atoms with Gasteiger partial charge in [0, 0.05) is 13.6 Å². The van der Waals surface area contributed by atoms with E-state index in [1.807, 2.05) is 0 Å². The van der Waals surface area contributed by atoms with Gasteiger partial charge >= 0.3 is 5.69 Å². The molecule has 18 heavy (non-hydrogen) atoms. The van der Waals surface area contributed by atoms with Crippen molar-refractivity contribution in [3.63, 3.8) is 0 Å². The number of fused-ring (bicyclic) bond motifs is 2. The van der Waals surface area contributed by atoms with Crippen LogP contribution in [-0.2, 0) is 9.47 Å². The highest BCUT2D eigenvalue weighted by Crippen LogP contribution is 2.47. The first-order chi connectivity index (χ1) is 8.99. The molecule has 7 heteroatoms. The van der Waals surface area contributed by atoms with Crippen LogP contribution >= 0.6 is 0 Å². The predicted octanol–water partition coefficient (Wildman–Crippen LogP) is -1.03. The van der Waals surface area contributed by atoms with Crippen molar-refractivity contribution in [2.75, 3.05) is 0 Å². The normalized spacial score (nSPS) is 43.1. The molecule has 7 nitrogen and oxygen atoms in total. The minimum absolute atomic E-state index is 0.166. The average molecular weight is 255 g/mol. The van der Waals surface area contributed by atoms with Crippen molar-refractivity contribution in [2.24, 2.45) is 0 Å². The smallest absolute Gasteiger partial charge is 0.330 e. The van der Waals surface area contributed by atoms with Crippen LogP contribution in [0, 0.1) is 0 Å². The maximum atomic E-state index is 11.7. The van der Waals surface area contributed by atoms with Gasteiger partial charge in [0.1, 0.15) is 17.8 Å². The van der Waals surface area contributed by atoms with Gasteiger partial charge in [-0.2, -0.15) is 0 Å². The van der Waals surface area contributed by atoms with Crippen LogP contribution in [0.2, 0.25) is 0 Å². The van der Waals surface area contributed by atoms with E-state index in [0.29, 0.717) is 0 Å². The highest BCUT2D eigenvalue weighted by atomic mass is 16.7. The number of rotatable bonds is 1. The third kappa shape index (κ3) is 1.35. The quantitative estimate of drug-likeness (QED) is 0.669. The lowest BCUT2D eigenvalue weighted by molar-refractivity contribution is -0.200. The summed E-state index contributed by atoms with van der Waals surface area (Å²) in [5, 5.41) is 10.2. The van der Waals surface area contributed by atoms with Crippen LogP contribution in [0.1, 0.15) is 21.4 Å². The molecule has 2 fully saturated rings. The number of ether oxygens (including phenoxy) is 2. The Hall–Kier alpha value is -1.44. The van der Waals surface area contributed by atoms with E-state index in [0.717, 1.165) is 0 Å². The Morgan fingerprint density at radius 2 is 2.39 bits per heavy atom. The van der Waals surface area contributed by atoms with Crippen LogP contribution in [0.15, 0.2) is 21.9 Å². The maximum Gasteiger partial charge on any atom is 0.330 e. The Morgan fingerprint density at radius 3 is 3.00 bits per heavy atom. The molecule has 2 aliphatic heterocycles. The second-order valence-corrected chi connectivity index (χ2v) is 4.67. The summed E-state index contributed by atoms with van der Waals surface area (Å²) in [6, 6.07) is 1.19. The molecule has 2 bridgehead atoms. The molecule has 5 atom stereocenters. The van der Waals surface area contributed by atoms with Crippen LogP contribution in [0.3, 0.4) is 0 Å². The van der Waals surface area contributed by atoms with E-state index in [9.17, 15) is 14.7 Å². The Bertz CT molecular complexity index is 614. The SMILES string of the molecule is [2H]C[C@@]12O[C@@H](n3ccc(=O)[nH]c3=O)[C@@H](OC1C)[C@H]2O. The minimum Gasteiger partial charge on any atom is -0.387 e. The highest BCUT2D eigenvalue weighted by molar-refractivity contribution is 5.08. The second-order valence-electron chi connectivity index (χ2n) is 4.67. The van der Waals surface area contributed by atoms with Crippen molar-refractivity contribution < 1.29 is 16.0 Å². The zero-order valence-corrected chi connectivity index (χ0v) is 9.70. The van der Waals surface area contributed by atoms with Gasteiger partial charge in [0.25, 0.3) is 5.56 Å². The standard InChI is InChI=1S/C11H14N2O5/c1-5-11(2)8(15)7(17-5)9(18-11)13-4-3-6(14)12-10(13)16/h3-5,7-9,15H,1-2H3,(H,12,14,16)/t5?,7-,8+,9+,11+/m0/s1/i2D. The van der Waals surface area contributed by atoms with E-state index in [1.165, 1.54) is 16.8 Å². The zero-order chi connectivity index (χ0) is 13.8. The third-order valence-electron chi connectivity index (χ3n) is 3.61. The van der Waals surface area contributed by atoms with Crippen LogP contribution in [-0.4, -0.2) is 38.6 Å². The number of aromatic amines is 1. The van der Waals surface area contributed by atoms with Crippen molar-refractivity contribution in [1.82, 2.24) is 9.55 Å². The Labute approximate surface area is 103 Å². The molecule has 3 rings (SSSR count). The van der Waals surface area contributed by atoms with Gasteiger partial charge in [-0.1, -0.05) is 0 Å². The van der Waals surface area contributed by atoms with Gasteiger partial charge in [-0.05, 0) is 13.8 Å². The summed E-state index contributed by atoms with van der Waals surface area (Å²) in [5.74, 6) is 0. The molecule has 0 amide bonds. The van der Waals surface area contributed by atoms with Crippen molar-refractivity contribution in [3.05, 3.63) is 33.1 Å². The van der Waals surface area contributed by atoms with Crippen molar-refractivity contribution in [1.29, 1.82) is 0 Å². The van der Waals surface area contributed by atoms with Gasteiger partial charge in [-0.15, -0.1) is 0 Å². The molecule has 3 heterocycles. The van der Waals surface area contributed by atoms with Gasteiger partial charge in [0.2, 0.25) is 0 Å². The summed E-state index contributed by atoms with van der Waals surface area (Å²) in [6.45, 7) is 1.56. The zero-order valence-electron chi connectivity index (χ0n) is 10.7. The van der Waals surface area contributed by atoms with Crippen molar-refractivity contribution in [3.8, 4) is 0 Å². The minimum atomic E-state index is -1.12. The van der Waals surface area contributed by atoms with Crippen molar-refractivity contribution >= 4 is 0 Å². The number of aromatic nitrogens is 2. The van der Waals surface area contributed by atoms with Gasteiger partial charge in [-0.3, -0.25) is 14.3 Å². The highest BCUT2D eigenvalue weighted by Gasteiger charge is 2.62. The Morgan fingerprint density at radius 1 is 1.61 bits per heavy atom. The molecule has 1 unspecified atom stereocenters. The molecule has 98 valence electrons. The van der Waals surface area contributed by atoms with Crippen LogP contribution in [0.25, 0.3) is 0 Å². The molecule has 0 spiro atoms. The molecular weight excluding hydrogens is 240 g/mol. The summed E-state index contributed by atoms with van der Waals surface area (Å²) in [5.41, 5.74) is -2.26.